The third kappa shape index (κ3) is 3.68. The van der Waals surface area contributed by atoms with Crippen LogP contribution < -0.4 is 0 Å². The topological polar surface area (TPSA) is 12.9 Å². The third-order valence-corrected chi connectivity index (χ3v) is 7.33. The van der Waals surface area contributed by atoms with Crippen LogP contribution >= 0.6 is 0 Å². The summed E-state index contributed by atoms with van der Waals surface area (Å²) in [6.45, 7) is 2.08. The van der Waals surface area contributed by atoms with Crippen molar-refractivity contribution >= 4 is 32.3 Å². The quantitative estimate of drug-likeness (QED) is 0.234. The van der Waals surface area contributed by atoms with Crippen LogP contribution in [0.3, 0.4) is 0 Å². The van der Waals surface area contributed by atoms with E-state index >= 15 is 0 Å². The number of fused-ring (bicyclic) bond motifs is 3. The average molecular weight is 472 g/mol. The van der Waals surface area contributed by atoms with Gasteiger partial charge in [-0.15, -0.1) is 0 Å². The monoisotopic (exact) mass is 471 g/mol. The van der Waals surface area contributed by atoms with E-state index in [1.807, 2.05) is 12.4 Å². The van der Waals surface area contributed by atoms with Crippen LogP contribution in [0.15, 0.2) is 134 Å². The Hall–Kier alpha value is -4.75. The number of aryl methyl sites for hydroxylation is 1. The van der Waals surface area contributed by atoms with Crippen molar-refractivity contribution in [2.75, 3.05) is 0 Å². The summed E-state index contributed by atoms with van der Waals surface area (Å²) in [4.78, 5) is 4.38. The van der Waals surface area contributed by atoms with Gasteiger partial charge in [0.2, 0.25) is 0 Å². The molecule has 0 radical (unpaired) electrons. The fourth-order valence-electron chi connectivity index (χ4n) is 5.65. The van der Waals surface area contributed by atoms with E-state index in [-0.39, 0.29) is 0 Å². The zero-order valence-electron chi connectivity index (χ0n) is 20.6. The van der Waals surface area contributed by atoms with Gasteiger partial charge in [0.1, 0.15) is 0 Å². The van der Waals surface area contributed by atoms with Crippen molar-refractivity contribution in [3.8, 4) is 33.4 Å². The number of benzene rings is 6. The second-order valence-corrected chi connectivity index (χ2v) is 9.73. The van der Waals surface area contributed by atoms with Gasteiger partial charge in [0.15, 0.2) is 0 Å². The third-order valence-electron chi connectivity index (χ3n) is 7.33. The van der Waals surface area contributed by atoms with Crippen molar-refractivity contribution in [1.82, 2.24) is 4.98 Å². The number of hydrogen-bond acceptors (Lipinski definition) is 1. The molecule has 0 aliphatic heterocycles. The lowest BCUT2D eigenvalue weighted by Gasteiger charge is -2.18. The van der Waals surface area contributed by atoms with Crippen LogP contribution in [0, 0.1) is 6.92 Å². The van der Waals surface area contributed by atoms with Gasteiger partial charge in [-0.1, -0.05) is 103 Å². The van der Waals surface area contributed by atoms with E-state index in [1.54, 1.807) is 0 Å². The van der Waals surface area contributed by atoms with Gasteiger partial charge >= 0.3 is 0 Å². The van der Waals surface area contributed by atoms with Gasteiger partial charge in [0.05, 0.1) is 0 Å². The molecule has 0 saturated heterocycles. The van der Waals surface area contributed by atoms with E-state index < -0.39 is 0 Å². The molecule has 0 amide bonds. The Balaban J connectivity index is 1.47. The van der Waals surface area contributed by atoms with E-state index in [1.165, 1.54) is 65.7 Å². The molecule has 1 heterocycles. The fourth-order valence-corrected chi connectivity index (χ4v) is 5.65. The van der Waals surface area contributed by atoms with Crippen molar-refractivity contribution in [3.63, 3.8) is 0 Å². The lowest BCUT2D eigenvalue weighted by Crippen LogP contribution is -1.91. The first-order valence-corrected chi connectivity index (χ1v) is 12.7. The molecular weight excluding hydrogens is 446 g/mol. The summed E-state index contributed by atoms with van der Waals surface area (Å²) in [7, 11) is 0. The van der Waals surface area contributed by atoms with Crippen LogP contribution in [0.5, 0.6) is 0 Å². The molecule has 6 aromatic carbocycles. The molecule has 0 N–H and O–H groups in total. The highest BCUT2D eigenvalue weighted by Gasteiger charge is 2.16. The van der Waals surface area contributed by atoms with Crippen LogP contribution in [0.25, 0.3) is 65.7 Å². The van der Waals surface area contributed by atoms with Crippen LogP contribution in [-0.2, 0) is 0 Å². The van der Waals surface area contributed by atoms with Gasteiger partial charge in [-0.2, -0.15) is 0 Å². The van der Waals surface area contributed by atoms with Crippen LogP contribution in [0.1, 0.15) is 5.56 Å². The molecule has 7 rings (SSSR count). The Bertz CT molecular complexity index is 1880. The first-order valence-electron chi connectivity index (χ1n) is 12.7. The lowest BCUT2D eigenvalue weighted by molar-refractivity contribution is 1.27. The molecule has 0 spiro atoms. The number of aromatic nitrogens is 1. The number of nitrogens with zero attached hydrogens (tertiary/aromatic N) is 1. The van der Waals surface area contributed by atoms with E-state index in [0.717, 1.165) is 5.56 Å². The molecule has 0 unspecified atom stereocenters. The molecule has 0 saturated carbocycles. The summed E-state index contributed by atoms with van der Waals surface area (Å²) in [6, 6.07) is 44.2. The molecule has 0 aliphatic rings. The van der Waals surface area contributed by atoms with Gasteiger partial charge in [0, 0.05) is 18.0 Å². The minimum atomic E-state index is 1.15. The Morgan fingerprint density at radius 3 is 1.51 bits per heavy atom. The minimum Gasteiger partial charge on any atom is -0.264 e. The molecule has 0 aliphatic carbocycles. The largest absolute Gasteiger partial charge is 0.264 e. The number of rotatable bonds is 3. The summed E-state index contributed by atoms with van der Waals surface area (Å²) < 4.78 is 0. The highest BCUT2D eigenvalue weighted by molar-refractivity contribution is 6.21. The van der Waals surface area contributed by atoms with E-state index in [4.69, 9.17) is 0 Å². The second-order valence-electron chi connectivity index (χ2n) is 9.73. The average Bonchev–Trinajstić information content (AvgIpc) is 2.96. The standard InChI is InChI=1S/C36H25N/c1-24-19-30(23-37-22-24)28-16-15-27-21-29(18-17-26(27)20-28)36-33-13-7-5-11-31(33)35(25-9-3-2-4-10-25)32-12-6-8-14-34(32)36/h2-23H,1H3. The van der Waals surface area contributed by atoms with E-state index in [9.17, 15) is 0 Å². The minimum absolute atomic E-state index is 1.15. The molecule has 1 aromatic heterocycles. The van der Waals surface area contributed by atoms with Crippen molar-refractivity contribution in [1.29, 1.82) is 0 Å². The van der Waals surface area contributed by atoms with Gasteiger partial charge in [-0.3, -0.25) is 4.98 Å². The molecule has 0 bridgehead atoms. The highest BCUT2D eigenvalue weighted by atomic mass is 14.6. The van der Waals surface area contributed by atoms with Gasteiger partial charge in [-0.25, -0.2) is 0 Å². The maximum absolute atomic E-state index is 4.38. The summed E-state index contributed by atoms with van der Waals surface area (Å²) in [6.07, 6.45) is 3.84. The molecule has 1 heteroatoms. The predicted octanol–water partition coefficient (Wildman–Crippen LogP) is 9.85. The maximum atomic E-state index is 4.38. The second kappa shape index (κ2) is 8.72. The molecule has 7 aromatic rings. The summed E-state index contributed by atoms with van der Waals surface area (Å²) >= 11 is 0. The lowest BCUT2D eigenvalue weighted by atomic mass is 9.85. The van der Waals surface area contributed by atoms with Crippen molar-refractivity contribution in [3.05, 3.63) is 139 Å². The predicted molar refractivity (Wildman–Crippen MR) is 158 cm³/mol. The first-order chi connectivity index (χ1) is 18.3. The van der Waals surface area contributed by atoms with E-state index in [0.29, 0.717) is 0 Å². The van der Waals surface area contributed by atoms with Gasteiger partial charge < -0.3 is 0 Å². The zero-order valence-corrected chi connectivity index (χ0v) is 20.6. The smallest absolute Gasteiger partial charge is 0.0346 e. The number of pyridine rings is 1. The Morgan fingerprint density at radius 1 is 0.405 bits per heavy atom. The summed E-state index contributed by atoms with van der Waals surface area (Å²) in [5.41, 5.74) is 8.60. The van der Waals surface area contributed by atoms with Gasteiger partial charge in [-0.05, 0) is 90.8 Å². The van der Waals surface area contributed by atoms with Crippen LogP contribution in [0.4, 0.5) is 0 Å². The summed E-state index contributed by atoms with van der Waals surface area (Å²) in [5.74, 6) is 0. The Labute approximate surface area is 216 Å². The molecule has 37 heavy (non-hydrogen) atoms. The molecular formula is C36H25N. The fraction of sp³-hybridized carbons (Fsp3) is 0.0278. The molecule has 174 valence electrons. The van der Waals surface area contributed by atoms with Crippen molar-refractivity contribution in [2.24, 2.45) is 0 Å². The Kier molecular flexibility index (Phi) is 5.08. The van der Waals surface area contributed by atoms with Crippen molar-refractivity contribution in [2.45, 2.75) is 6.92 Å². The van der Waals surface area contributed by atoms with Crippen molar-refractivity contribution < 1.29 is 0 Å². The SMILES string of the molecule is Cc1cncc(-c2ccc3cc(-c4c5ccccc5c(-c5ccccc5)c5ccccc45)ccc3c2)c1. The maximum Gasteiger partial charge on any atom is 0.0346 e. The zero-order chi connectivity index (χ0) is 24.8. The molecule has 1 nitrogen and oxygen atoms in total. The number of hydrogen-bond donors (Lipinski definition) is 0. The molecule has 0 atom stereocenters. The summed E-state index contributed by atoms with van der Waals surface area (Å²) in [5, 5.41) is 7.60. The van der Waals surface area contributed by atoms with E-state index in [2.05, 4.69) is 133 Å². The van der Waals surface area contributed by atoms with Crippen LogP contribution in [0.2, 0.25) is 0 Å². The normalized spacial score (nSPS) is 11.4. The van der Waals surface area contributed by atoms with Gasteiger partial charge in [0.25, 0.3) is 0 Å². The first kappa shape index (κ1) is 21.5. The molecule has 0 fully saturated rings. The highest BCUT2D eigenvalue weighted by Crippen LogP contribution is 2.44. The Morgan fingerprint density at radius 2 is 0.919 bits per heavy atom. The van der Waals surface area contributed by atoms with Crippen LogP contribution in [-0.4, -0.2) is 4.98 Å².